The Balaban J connectivity index is 2.94. The van der Waals surface area contributed by atoms with Gasteiger partial charge >= 0.3 is 0 Å². The number of hydrogen-bond donors (Lipinski definition) is 2. The van der Waals surface area contributed by atoms with Crippen LogP contribution in [0, 0.1) is 5.41 Å². The lowest BCUT2D eigenvalue weighted by Gasteiger charge is -2.36. The summed E-state index contributed by atoms with van der Waals surface area (Å²) in [7, 11) is 0. The average molecular weight is 168 g/mol. The summed E-state index contributed by atoms with van der Waals surface area (Å²) in [5.41, 5.74) is 0.666. The molecule has 2 heteroatoms. The molecule has 0 radical (unpaired) electrons. The highest BCUT2D eigenvalue weighted by Crippen LogP contribution is 2.33. The van der Waals surface area contributed by atoms with Crippen LogP contribution in [0.4, 0.5) is 0 Å². The number of aliphatic hydroxyl groups is 2. The second-order valence-electron chi connectivity index (χ2n) is 3.96. The summed E-state index contributed by atoms with van der Waals surface area (Å²) >= 11 is 0. The van der Waals surface area contributed by atoms with E-state index in [9.17, 15) is 10.2 Å². The minimum Gasteiger partial charge on any atom is -0.390 e. The van der Waals surface area contributed by atoms with Crippen molar-refractivity contribution in [1.82, 2.24) is 0 Å². The van der Waals surface area contributed by atoms with Gasteiger partial charge in [0.25, 0.3) is 0 Å². The van der Waals surface area contributed by atoms with E-state index >= 15 is 0 Å². The molecule has 0 fully saturated rings. The van der Waals surface area contributed by atoms with Crippen molar-refractivity contribution in [2.75, 3.05) is 0 Å². The Labute approximate surface area is 73.2 Å². The summed E-state index contributed by atoms with van der Waals surface area (Å²) in [5.74, 6) is 0. The van der Waals surface area contributed by atoms with Crippen molar-refractivity contribution in [2.24, 2.45) is 5.41 Å². The molecule has 1 aliphatic rings. The molecule has 0 aromatic carbocycles. The molecule has 2 unspecified atom stereocenters. The van der Waals surface area contributed by atoms with Gasteiger partial charge in [-0.2, -0.15) is 0 Å². The Hall–Kier alpha value is -0.600. The van der Waals surface area contributed by atoms with Crippen LogP contribution in [0.3, 0.4) is 0 Å². The Morgan fingerprint density at radius 3 is 2.58 bits per heavy atom. The third-order valence-electron chi connectivity index (χ3n) is 2.39. The lowest BCUT2D eigenvalue weighted by atomic mass is 9.75. The first-order valence-electron chi connectivity index (χ1n) is 4.17. The first kappa shape index (κ1) is 9.49. The predicted octanol–water partition coefficient (Wildman–Crippen LogP) is 1.25. The van der Waals surface area contributed by atoms with E-state index in [0.29, 0.717) is 6.42 Å². The predicted molar refractivity (Wildman–Crippen MR) is 48.7 cm³/mol. The molecular weight excluding hydrogens is 152 g/mol. The van der Waals surface area contributed by atoms with E-state index in [0.717, 1.165) is 5.57 Å². The maximum absolute atomic E-state index is 9.59. The van der Waals surface area contributed by atoms with E-state index in [4.69, 9.17) is 0 Å². The van der Waals surface area contributed by atoms with Crippen molar-refractivity contribution in [1.29, 1.82) is 0 Å². The minimum absolute atomic E-state index is 0.346. The molecule has 0 spiro atoms. The molecule has 0 amide bonds. The maximum atomic E-state index is 9.59. The molecule has 2 N–H and O–H groups in total. The van der Waals surface area contributed by atoms with Crippen LogP contribution in [0.25, 0.3) is 0 Å². The Bertz CT molecular complexity index is 216. The van der Waals surface area contributed by atoms with E-state index < -0.39 is 12.2 Å². The summed E-state index contributed by atoms with van der Waals surface area (Å²) in [6.45, 7) is 7.46. The molecule has 2 nitrogen and oxygen atoms in total. The highest BCUT2D eigenvalue weighted by molar-refractivity contribution is 5.25. The first-order valence-corrected chi connectivity index (χ1v) is 4.17. The summed E-state index contributed by atoms with van der Waals surface area (Å²) < 4.78 is 0. The third kappa shape index (κ3) is 1.59. The molecule has 12 heavy (non-hydrogen) atoms. The standard InChI is InChI=1S/C10H16O2/c1-4-7-5-8(11)9(12)10(2,3)6-7/h4,6,8-9,11-12H,1,5H2,2-3H3. The van der Waals surface area contributed by atoms with E-state index in [2.05, 4.69) is 6.58 Å². The second kappa shape index (κ2) is 3.04. The zero-order chi connectivity index (χ0) is 9.35. The lowest BCUT2D eigenvalue weighted by Crippen LogP contribution is -2.41. The molecule has 2 atom stereocenters. The molecule has 0 saturated heterocycles. The summed E-state index contributed by atoms with van der Waals surface area (Å²) in [6, 6.07) is 0. The zero-order valence-electron chi connectivity index (χ0n) is 7.62. The van der Waals surface area contributed by atoms with Crippen LogP contribution in [0.1, 0.15) is 20.3 Å². The normalized spacial score (nSPS) is 34.2. The number of hydrogen-bond acceptors (Lipinski definition) is 2. The van der Waals surface area contributed by atoms with Gasteiger partial charge in [-0.25, -0.2) is 0 Å². The van der Waals surface area contributed by atoms with Gasteiger partial charge in [0.15, 0.2) is 0 Å². The van der Waals surface area contributed by atoms with E-state index in [1.165, 1.54) is 0 Å². The molecule has 1 rings (SSSR count). The van der Waals surface area contributed by atoms with Crippen LogP contribution in [0.5, 0.6) is 0 Å². The van der Waals surface area contributed by atoms with Gasteiger partial charge < -0.3 is 10.2 Å². The molecule has 68 valence electrons. The minimum atomic E-state index is -0.666. The van der Waals surface area contributed by atoms with Crippen LogP contribution in [0.15, 0.2) is 24.3 Å². The van der Waals surface area contributed by atoms with Crippen molar-refractivity contribution >= 4 is 0 Å². The van der Waals surface area contributed by atoms with Crippen LogP contribution in [-0.2, 0) is 0 Å². The van der Waals surface area contributed by atoms with E-state index in [-0.39, 0.29) is 5.41 Å². The van der Waals surface area contributed by atoms with Gasteiger partial charge in [-0.05, 0) is 5.57 Å². The van der Waals surface area contributed by atoms with Gasteiger partial charge in [0, 0.05) is 11.8 Å². The van der Waals surface area contributed by atoms with Gasteiger partial charge in [0.05, 0.1) is 12.2 Å². The zero-order valence-corrected chi connectivity index (χ0v) is 7.62. The highest BCUT2D eigenvalue weighted by Gasteiger charge is 2.35. The van der Waals surface area contributed by atoms with Crippen molar-refractivity contribution in [3.63, 3.8) is 0 Å². The van der Waals surface area contributed by atoms with Gasteiger partial charge in [-0.3, -0.25) is 0 Å². The SMILES string of the molecule is C=CC1=CC(C)(C)C(O)C(O)C1. The summed E-state index contributed by atoms with van der Waals surface area (Å²) in [4.78, 5) is 0. The molecular formula is C10H16O2. The fourth-order valence-corrected chi connectivity index (χ4v) is 1.61. The summed E-state index contributed by atoms with van der Waals surface area (Å²) in [6.07, 6.45) is 2.89. The second-order valence-corrected chi connectivity index (χ2v) is 3.96. The van der Waals surface area contributed by atoms with Gasteiger partial charge in [0.2, 0.25) is 0 Å². The van der Waals surface area contributed by atoms with Gasteiger partial charge in [-0.1, -0.05) is 32.6 Å². The smallest absolute Gasteiger partial charge is 0.0887 e. The van der Waals surface area contributed by atoms with Crippen LogP contribution in [0.2, 0.25) is 0 Å². The number of aliphatic hydroxyl groups excluding tert-OH is 2. The molecule has 1 aliphatic carbocycles. The van der Waals surface area contributed by atoms with Gasteiger partial charge in [0.1, 0.15) is 0 Å². The Kier molecular flexibility index (Phi) is 2.40. The monoisotopic (exact) mass is 168 g/mol. The van der Waals surface area contributed by atoms with Crippen LogP contribution >= 0.6 is 0 Å². The first-order chi connectivity index (χ1) is 5.47. The summed E-state index contributed by atoms with van der Waals surface area (Å²) in [5, 5.41) is 19.1. The largest absolute Gasteiger partial charge is 0.390 e. The number of allylic oxidation sites excluding steroid dienone is 1. The van der Waals surface area contributed by atoms with Crippen molar-refractivity contribution in [3.8, 4) is 0 Å². The highest BCUT2D eigenvalue weighted by atomic mass is 16.3. The molecule has 0 aromatic heterocycles. The van der Waals surface area contributed by atoms with Crippen molar-refractivity contribution in [2.45, 2.75) is 32.5 Å². The number of rotatable bonds is 1. The quantitative estimate of drug-likeness (QED) is 0.618. The van der Waals surface area contributed by atoms with Crippen LogP contribution in [-0.4, -0.2) is 22.4 Å². The molecule has 0 aliphatic heterocycles. The fourth-order valence-electron chi connectivity index (χ4n) is 1.61. The van der Waals surface area contributed by atoms with Crippen LogP contribution < -0.4 is 0 Å². The topological polar surface area (TPSA) is 40.5 Å². The Morgan fingerprint density at radius 1 is 1.58 bits per heavy atom. The third-order valence-corrected chi connectivity index (χ3v) is 2.39. The average Bonchev–Trinajstić information content (AvgIpc) is 1.99. The lowest BCUT2D eigenvalue weighted by molar-refractivity contribution is -0.0395. The van der Waals surface area contributed by atoms with Crippen molar-refractivity contribution in [3.05, 3.63) is 24.3 Å². The molecule has 0 bridgehead atoms. The van der Waals surface area contributed by atoms with Crippen molar-refractivity contribution < 1.29 is 10.2 Å². The molecule has 0 aromatic rings. The molecule has 0 saturated carbocycles. The Morgan fingerprint density at radius 2 is 2.17 bits per heavy atom. The molecule has 0 heterocycles. The van der Waals surface area contributed by atoms with Gasteiger partial charge in [-0.15, -0.1) is 0 Å². The van der Waals surface area contributed by atoms with E-state index in [1.54, 1.807) is 6.08 Å². The maximum Gasteiger partial charge on any atom is 0.0887 e. The fraction of sp³-hybridized carbons (Fsp3) is 0.600. The van der Waals surface area contributed by atoms with E-state index in [1.807, 2.05) is 19.9 Å².